The van der Waals surface area contributed by atoms with Crippen LogP contribution in [-0.2, 0) is 6.42 Å². The summed E-state index contributed by atoms with van der Waals surface area (Å²) in [5.41, 5.74) is 2.49. The average Bonchev–Trinajstić information content (AvgIpc) is 2.29. The minimum Gasteiger partial charge on any atom is -0.496 e. The lowest BCUT2D eigenvalue weighted by molar-refractivity contribution is 0.319. The lowest BCUT2D eigenvalue weighted by Crippen LogP contribution is -2.12. The first kappa shape index (κ1) is 10.0. The van der Waals surface area contributed by atoms with Gasteiger partial charge in [0.1, 0.15) is 5.75 Å². The van der Waals surface area contributed by atoms with Crippen LogP contribution in [0.15, 0.2) is 23.4 Å². The highest BCUT2D eigenvalue weighted by Gasteiger charge is 2.21. The molecule has 1 aromatic rings. The van der Waals surface area contributed by atoms with Crippen LogP contribution in [-0.4, -0.2) is 18.5 Å². The van der Waals surface area contributed by atoms with Crippen molar-refractivity contribution >= 4 is 6.21 Å². The van der Waals surface area contributed by atoms with Crippen molar-refractivity contribution in [2.75, 3.05) is 7.11 Å². The SMILES string of the molecule is COc1cccc2c1CCCC2C=NO. The molecular formula is C12H15NO2. The van der Waals surface area contributed by atoms with E-state index in [1.54, 1.807) is 13.3 Å². The van der Waals surface area contributed by atoms with Crippen molar-refractivity contribution in [2.45, 2.75) is 25.2 Å². The molecule has 3 heteroatoms. The number of methoxy groups -OCH3 is 1. The molecule has 0 heterocycles. The highest BCUT2D eigenvalue weighted by molar-refractivity contribution is 5.69. The molecule has 1 atom stereocenters. The summed E-state index contributed by atoms with van der Waals surface area (Å²) in [5.74, 6) is 1.18. The molecule has 1 aliphatic rings. The van der Waals surface area contributed by atoms with Gasteiger partial charge in [0, 0.05) is 5.92 Å². The third-order valence-corrected chi connectivity index (χ3v) is 2.98. The molecule has 0 fully saturated rings. The van der Waals surface area contributed by atoms with Gasteiger partial charge in [0.05, 0.1) is 13.3 Å². The number of rotatable bonds is 2. The predicted molar refractivity (Wildman–Crippen MR) is 59.0 cm³/mol. The van der Waals surface area contributed by atoms with Gasteiger partial charge in [0.15, 0.2) is 0 Å². The summed E-state index contributed by atoms with van der Waals surface area (Å²) < 4.78 is 5.33. The summed E-state index contributed by atoms with van der Waals surface area (Å²) in [6.45, 7) is 0. The molecule has 2 rings (SSSR count). The largest absolute Gasteiger partial charge is 0.496 e. The Labute approximate surface area is 89.4 Å². The molecule has 15 heavy (non-hydrogen) atoms. The lowest BCUT2D eigenvalue weighted by Gasteiger charge is -2.23. The Morgan fingerprint density at radius 1 is 1.53 bits per heavy atom. The van der Waals surface area contributed by atoms with Crippen LogP contribution in [0.25, 0.3) is 0 Å². The Morgan fingerprint density at radius 3 is 3.13 bits per heavy atom. The minimum atomic E-state index is 0.230. The van der Waals surface area contributed by atoms with Gasteiger partial charge in [-0.25, -0.2) is 0 Å². The molecule has 80 valence electrons. The first-order valence-corrected chi connectivity index (χ1v) is 5.20. The standard InChI is InChI=1S/C12H15NO2/c1-15-12-7-3-5-10-9(8-13-14)4-2-6-11(10)12/h3,5,7-9,14H,2,4,6H2,1H3. The van der Waals surface area contributed by atoms with Crippen LogP contribution in [0.5, 0.6) is 5.75 Å². The zero-order valence-electron chi connectivity index (χ0n) is 8.81. The topological polar surface area (TPSA) is 41.8 Å². The Hall–Kier alpha value is -1.51. The highest BCUT2D eigenvalue weighted by Crippen LogP contribution is 2.35. The monoisotopic (exact) mass is 205 g/mol. The van der Waals surface area contributed by atoms with Crippen LogP contribution in [0.2, 0.25) is 0 Å². The van der Waals surface area contributed by atoms with Gasteiger partial charge >= 0.3 is 0 Å². The van der Waals surface area contributed by atoms with Crippen LogP contribution in [0.3, 0.4) is 0 Å². The normalized spacial score (nSPS) is 20.2. The van der Waals surface area contributed by atoms with Crippen LogP contribution >= 0.6 is 0 Å². The summed E-state index contributed by atoms with van der Waals surface area (Å²) in [6.07, 6.45) is 4.82. The molecule has 0 bridgehead atoms. The second-order valence-corrected chi connectivity index (χ2v) is 3.79. The number of ether oxygens (including phenoxy) is 1. The molecule has 1 N–H and O–H groups in total. The molecule has 3 nitrogen and oxygen atoms in total. The van der Waals surface area contributed by atoms with Crippen molar-refractivity contribution in [3.8, 4) is 5.75 Å². The van der Waals surface area contributed by atoms with Gasteiger partial charge in [-0.05, 0) is 36.5 Å². The zero-order chi connectivity index (χ0) is 10.7. The van der Waals surface area contributed by atoms with Crippen molar-refractivity contribution in [2.24, 2.45) is 5.16 Å². The number of hydrogen-bond donors (Lipinski definition) is 1. The highest BCUT2D eigenvalue weighted by atomic mass is 16.5. The van der Waals surface area contributed by atoms with E-state index in [0.717, 1.165) is 25.0 Å². The van der Waals surface area contributed by atoms with Gasteiger partial charge in [0.25, 0.3) is 0 Å². The van der Waals surface area contributed by atoms with E-state index < -0.39 is 0 Å². The first-order chi connectivity index (χ1) is 7.36. The van der Waals surface area contributed by atoms with Crippen molar-refractivity contribution in [3.05, 3.63) is 29.3 Å². The predicted octanol–water partition coefficient (Wildman–Crippen LogP) is 2.58. The van der Waals surface area contributed by atoms with Crippen LogP contribution in [0.1, 0.15) is 29.9 Å². The number of nitrogens with zero attached hydrogens (tertiary/aromatic N) is 1. The molecule has 1 unspecified atom stereocenters. The molecule has 1 aromatic carbocycles. The maximum absolute atomic E-state index is 8.61. The Balaban J connectivity index is 2.43. The summed E-state index contributed by atoms with van der Waals surface area (Å²) in [4.78, 5) is 0. The third-order valence-electron chi connectivity index (χ3n) is 2.98. The van der Waals surface area contributed by atoms with Crippen molar-refractivity contribution < 1.29 is 9.94 Å². The molecule has 0 saturated carbocycles. The fourth-order valence-electron chi connectivity index (χ4n) is 2.28. The summed E-state index contributed by atoms with van der Waals surface area (Å²) in [6, 6.07) is 6.06. The van der Waals surface area contributed by atoms with E-state index in [1.807, 2.05) is 12.1 Å². The smallest absolute Gasteiger partial charge is 0.122 e. The van der Waals surface area contributed by atoms with E-state index in [1.165, 1.54) is 11.1 Å². The molecule has 0 spiro atoms. The molecule has 0 saturated heterocycles. The summed E-state index contributed by atoms with van der Waals surface area (Å²) >= 11 is 0. The van der Waals surface area contributed by atoms with Crippen LogP contribution in [0, 0.1) is 0 Å². The number of benzene rings is 1. The van der Waals surface area contributed by atoms with Gasteiger partial charge in [0.2, 0.25) is 0 Å². The van der Waals surface area contributed by atoms with E-state index in [9.17, 15) is 0 Å². The number of oxime groups is 1. The van der Waals surface area contributed by atoms with Gasteiger partial charge in [-0.2, -0.15) is 0 Å². The second-order valence-electron chi connectivity index (χ2n) is 3.79. The lowest BCUT2D eigenvalue weighted by atomic mass is 9.83. The third kappa shape index (κ3) is 1.82. The Bertz CT molecular complexity index is 374. The molecule has 0 radical (unpaired) electrons. The van der Waals surface area contributed by atoms with Crippen LogP contribution in [0.4, 0.5) is 0 Å². The quantitative estimate of drug-likeness (QED) is 0.458. The maximum Gasteiger partial charge on any atom is 0.122 e. The average molecular weight is 205 g/mol. The van der Waals surface area contributed by atoms with E-state index in [4.69, 9.17) is 9.94 Å². The van der Waals surface area contributed by atoms with Gasteiger partial charge in [-0.15, -0.1) is 5.16 Å². The second kappa shape index (κ2) is 4.34. The fraction of sp³-hybridized carbons (Fsp3) is 0.417. The molecule has 1 aliphatic carbocycles. The number of fused-ring (bicyclic) bond motifs is 1. The minimum absolute atomic E-state index is 0.230. The molecule has 0 aromatic heterocycles. The Morgan fingerprint density at radius 2 is 2.40 bits per heavy atom. The van der Waals surface area contributed by atoms with Crippen LogP contribution < -0.4 is 4.74 Å². The Kier molecular flexibility index (Phi) is 2.90. The first-order valence-electron chi connectivity index (χ1n) is 5.20. The van der Waals surface area contributed by atoms with E-state index >= 15 is 0 Å². The van der Waals surface area contributed by atoms with Crippen molar-refractivity contribution in [1.29, 1.82) is 0 Å². The zero-order valence-corrected chi connectivity index (χ0v) is 8.81. The fourth-order valence-corrected chi connectivity index (χ4v) is 2.28. The van der Waals surface area contributed by atoms with Gasteiger partial charge < -0.3 is 9.94 Å². The molecular weight excluding hydrogens is 190 g/mol. The van der Waals surface area contributed by atoms with E-state index in [0.29, 0.717) is 0 Å². The summed E-state index contributed by atoms with van der Waals surface area (Å²) in [7, 11) is 1.69. The van der Waals surface area contributed by atoms with E-state index in [-0.39, 0.29) is 5.92 Å². The summed E-state index contributed by atoms with van der Waals surface area (Å²) in [5, 5.41) is 11.8. The van der Waals surface area contributed by atoms with Gasteiger partial charge in [-0.3, -0.25) is 0 Å². The van der Waals surface area contributed by atoms with Crippen molar-refractivity contribution in [3.63, 3.8) is 0 Å². The molecule has 0 amide bonds. The van der Waals surface area contributed by atoms with Crippen molar-refractivity contribution in [1.82, 2.24) is 0 Å². The number of hydrogen-bond acceptors (Lipinski definition) is 3. The maximum atomic E-state index is 8.61. The molecule has 0 aliphatic heterocycles. The van der Waals surface area contributed by atoms with Gasteiger partial charge in [-0.1, -0.05) is 12.1 Å². The van der Waals surface area contributed by atoms with E-state index in [2.05, 4.69) is 11.2 Å².